The quantitative estimate of drug-likeness (QED) is 0.402. The zero-order valence-electron chi connectivity index (χ0n) is 20.6. The van der Waals surface area contributed by atoms with E-state index >= 15 is 0 Å². The lowest BCUT2D eigenvalue weighted by molar-refractivity contribution is 0.102. The number of urea groups is 1. The number of alkyl halides is 1. The van der Waals surface area contributed by atoms with E-state index in [4.69, 9.17) is 0 Å². The number of hydrogen-bond donors (Lipinski definition) is 2. The summed E-state index contributed by atoms with van der Waals surface area (Å²) in [7, 11) is 3.46. The molecule has 188 valence electrons. The Morgan fingerprint density at radius 3 is 2.73 bits per heavy atom. The summed E-state index contributed by atoms with van der Waals surface area (Å²) in [4.78, 5) is 38.2. The van der Waals surface area contributed by atoms with E-state index in [1.54, 1.807) is 72.5 Å². The molecule has 0 radical (unpaired) electrons. The summed E-state index contributed by atoms with van der Waals surface area (Å²) in [5.41, 5.74) is 3.58. The van der Waals surface area contributed by atoms with Gasteiger partial charge in [0.05, 0.1) is 18.4 Å². The Morgan fingerprint density at radius 2 is 1.97 bits per heavy atom. The molecule has 0 saturated carbocycles. The summed E-state index contributed by atoms with van der Waals surface area (Å²) in [6.07, 6.45) is 3.35. The number of anilines is 5. The van der Waals surface area contributed by atoms with Crippen LogP contribution in [-0.2, 0) is 20.3 Å². The Morgan fingerprint density at radius 1 is 1.14 bits per heavy atom. The van der Waals surface area contributed by atoms with Gasteiger partial charge in [-0.3, -0.25) is 19.3 Å². The van der Waals surface area contributed by atoms with Gasteiger partial charge in [0.2, 0.25) is 5.95 Å². The summed E-state index contributed by atoms with van der Waals surface area (Å²) in [5.74, 6) is 1.22. The standard InChI is InChI=1S/C26H25FN8O2/c1-16-7-8-20(30-24(36)18-6-4-5-17(11-18)13-27)12-21(16)35-15-19-14-28-25(31-22-9-10-29-34(22)3)32-23(19)33(2)26(35)37/h4-12,14H,13,15H2,1-3H3,(H,30,36)(H,28,31,32). The first-order valence-electron chi connectivity index (χ1n) is 11.6. The van der Waals surface area contributed by atoms with Gasteiger partial charge in [0.25, 0.3) is 5.91 Å². The molecule has 0 saturated heterocycles. The maximum Gasteiger partial charge on any atom is 0.330 e. The molecule has 11 heteroatoms. The third-order valence-electron chi connectivity index (χ3n) is 6.17. The molecule has 2 aromatic heterocycles. The monoisotopic (exact) mass is 500 g/mol. The molecule has 3 amide bonds. The maximum absolute atomic E-state index is 13.4. The minimum atomic E-state index is -0.646. The average Bonchev–Trinajstić information content (AvgIpc) is 3.31. The fraction of sp³-hybridized carbons (Fsp3) is 0.192. The number of aromatic nitrogens is 4. The Bertz CT molecular complexity index is 1500. The number of rotatable bonds is 6. The molecule has 2 N–H and O–H groups in total. The van der Waals surface area contributed by atoms with E-state index in [9.17, 15) is 14.0 Å². The summed E-state index contributed by atoms with van der Waals surface area (Å²) >= 11 is 0. The Hall–Kier alpha value is -4.80. The molecule has 0 bridgehead atoms. The van der Waals surface area contributed by atoms with E-state index in [0.29, 0.717) is 34.3 Å². The van der Waals surface area contributed by atoms with Crippen molar-refractivity contribution in [3.05, 3.63) is 83.2 Å². The zero-order chi connectivity index (χ0) is 26.1. The van der Waals surface area contributed by atoms with Gasteiger partial charge >= 0.3 is 6.03 Å². The van der Waals surface area contributed by atoms with Gasteiger partial charge in [-0.25, -0.2) is 14.2 Å². The second-order valence-electron chi connectivity index (χ2n) is 8.72. The molecule has 10 nitrogen and oxygen atoms in total. The normalized spacial score (nSPS) is 12.9. The summed E-state index contributed by atoms with van der Waals surface area (Å²) in [5, 5.41) is 10.1. The van der Waals surface area contributed by atoms with Crippen molar-refractivity contribution in [2.75, 3.05) is 27.5 Å². The number of nitrogens with zero attached hydrogens (tertiary/aromatic N) is 6. The number of fused-ring (bicyclic) bond motifs is 1. The molecule has 1 aliphatic rings. The molecule has 0 aliphatic carbocycles. The number of nitrogens with one attached hydrogen (secondary N) is 2. The van der Waals surface area contributed by atoms with Crippen LogP contribution in [0.25, 0.3) is 0 Å². The molecular formula is C26H25FN8O2. The van der Waals surface area contributed by atoms with Crippen LogP contribution < -0.4 is 20.4 Å². The fourth-order valence-electron chi connectivity index (χ4n) is 4.15. The van der Waals surface area contributed by atoms with Gasteiger partial charge in [0.15, 0.2) is 0 Å². The molecule has 0 spiro atoms. The second kappa shape index (κ2) is 9.69. The van der Waals surface area contributed by atoms with Crippen LogP contribution in [0.4, 0.5) is 38.1 Å². The van der Waals surface area contributed by atoms with Crippen LogP contribution >= 0.6 is 0 Å². The number of carbonyl (C=O) groups is 2. The number of halogens is 1. The first-order chi connectivity index (χ1) is 17.8. The van der Waals surface area contributed by atoms with Crippen LogP contribution in [0.1, 0.15) is 27.0 Å². The van der Waals surface area contributed by atoms with Crippen molar-refractivity contribution in [2.24, 2.45) is 7.05 Å². The number of aryl methyl sites for hydroxylation is 2. The van der Waals surface area contributed by atoms with E-state index in [0.717, 1.165) is 16.9 Å². The second-order valence-corrected chi connectivity index (χ2v) is 8.72. The topological polar surface area (TPSA) is 108 Å². The molecule has 4 aromatic rings. The SMILES string of the molecule is Cc1ccc(NC(=O)c2cccc(CF)c2)cc1N1Cc2cnc(Nc3ccnn3C)nc2N(C)C1=O. The van der Waals surface area contributed by atoms with E-state index in [2.05, 4.69) is 25.7 Å². The molecular weight excluding hydrogens is 475 g/mol. The van der Waals surface area contributed by atoms with Crippen LogP contribution in [0.5, 0.6) is 0 Å². The third-order valence-corrected chi connectivity index (χ3v) is 6.17. The van der Waals surface area contributed by atoms with Crippen molar-refractivity contribution in [1.29, 1.82) is 0 Å². The Balaban J connectivity index is 1.39. The molecule has 0 unspecified atom stereocenters. The van der Waals surface area contributed by atoms with Crippen LogP contribution in [0.3, 0.4) is 0 Å². The number of amides is 3. The van der Waals surface area contributed by atoms with Crippen molar-refractivity contribution < 1.29 is 14.0 Å². The number of benzene rings is 2. The van der Waals surface area contributed by atoms with Gasteiger partial charge < -0.3 is 10.6 Å². The third kappa shape index (κ3) is 4.70. The van der Waals surface area contributed by atoms with Crippen molar-refractivity contribution in [3.63, 3.8) is 0 Å². The van der Waals surface area contributed by atoms with Crippen molar-refractivity contribution in [3.8, 4) is 0 Å². The van der Waals surface area contributed by atoms with Crippen molar-refractivity contribution in [2.45, 2.75) is 20.1 Å². The lowest BCUT2D eigenvalue weighted by Gasteiger charge is -2.35. The van der Waals surface area contributed by atoms with Gasteiger partial charge in [-0.15, -0.1) is 0 Å². The highest BCUT2D eigenvalue weighted by Gasteiger charge is 2.31. The van der Waals surface area contributed by atoms with Gasteiger partial charge in [0.1, 0.15) is 18.3 Å². The van der Waals surface area contributed by atoms with Crippen LogP contribution in [0, 0.1) is 6.92 Å². The lowest BCUT2D eigenvalue weighted by atomic mass is 10.1. The average molecular weight is 501 g/mol. The van der Waals surface area contributed by atoms with Crippen molar-refractivity contribution in [1.82, 2.24) is 19.7 Å². The molecule has 0 fully saturated rings. The first-order valence-corrected chi connectivity index (χ1v) is 11.6. The van der Waals surface area contributed by atoms with Gasteiger partial charge in [-0.1, -0.05) is 18.2 Å². The van der Waals surface area contributed by atoms with Gasteiger partial charge in [-0.05, 0) is 42.3 Å². The van der Waals surface area contributed by atoms with Gasteiger partial charge in [0, 0.05) is 43.2 Å². The number of carbonyl (C=O) groups excluding carboxylic acids is 2. The summed E-state index contributed by atoms with van der Waals surface area (Å²) in [6.45, 7) is 1.51. The highest BCUT2D eigenvalue weighted by atomic mass is 19.1. The lowest BCUT2D eigenvalue weighted by Crippen LogP contribution is -2.46. The molecule has 3 heterocycles. The van der Waals surface area contributed by atoms with E-state index in [-0.39, 0.29) is 18.5 Å². The predicted octanol–water partition coefficient (Wildman–Crippen LogP) is 4.56. The highest BCUT2D eigenvalue weighted by molar-refractivity contribution is 6.07. The maximum atomic E-state index is 13.4. The van der Waals surface area contributed by atoms with Crippen molar-refractivity contribution >= 4 is 40.9 Å². The predicted molar refractivity (Wildman–Crippen MR) is 139 cm³/mol. The Labute approximate surface area is 212 Å². The highest BCUT2D eigenvalue weighted by Crippen LogP contribution is 2.33. The van der Waals surface area contributed by atoms with Crippen LogP contribution in [0.15, 0.2) is 60.9 Å². The summed E-state index contributed by atoms with van der Waals surface area (Å²) in [6, 6.07) is 13.3. The number of hydrogen-bond acceptors (Lipinski definition) is 6. The molecule has 37 heavy (non-hydrogen) atoms. The van der Waals surface area contributed by atoms with Crippen LogP contribution in [-0.4, -0.2) is 38.7 Å². The van der Waals surface area contributed by atoms with Gasteiger partial charge in [-0.2, -0.15) is 10.1 Å². The molecule has 5 rings (SSSR count). The fourth-order valence-corrected chi connectivity index (χ4v) is 4.15. The van der Waals surface area contributed by atoms with Crippen LogP contribution in [0.2, 0.25) is 0 Å². The molecule has 0 atom stereocenters. The van der Waals surface area contributed by atoms with E-state index < -0.39 is 6.67 Å². The minimum Gasteiger partial charge on any atom is -0.322 e. The Kier molecular flexibility index (Phi) is 6.26. The minimum absolute atomic E-state index is 0.264. The zero-order valence-corrected chi connectivity index (χ0v) is 20.6. The van der Waals surface area contributed by atoms with E-state index in [1.165, 1.54) is 11.0 Å². The first kappa shape index (κ1) is 23.9. The molecule has 1 aliphatic heterocycles. The largest absolute Gasteiger partial charge is 0.330 e. The summed E-state index contributed by atoms with van der Waals surface area (Å²) < 4.78 is 14.7. The smallest absolute Gasteiger partial charge is 0.322 e. The van der Waals surface area contributed by atoms with E-state index in [1.807, 2.05) is 13.0 Å². The molecule has 2 aromatic carbocycles.